The Morgan fingerprint density at radius 2 is 2.30 bits per heavy atom. The van der Waals surface area contributed by atoms with E-state index in [0.29, 0.717) is 13.2 Å². The molecule has 1 unspecified atom stereocenters. The van der Waals surface area contributed by atoms with Gasteiger partial charge in [-0.2, -0.15) is 0 Å². The lowest BCUT2D eigenvalue weighted by Gasteiger charge is -2.17. The highest BCUT2D eigenvalue weighted by atomic mass is 16.6. The van der Waals surface area contributed by atoms with Crippen molar-refractivity contribution in [2.45, 2.75) is 26.0 Å². The van der Waals surface area contributed by atoms with Crippen LogP contribution >= 0.6 is 0 Å². The molecule has 1 aliphatic rings. The molecule has 2 heterocycles. The lowest BCUT2D eigenvalue weighted by Crippen LogP contribution is -2.32. The van der Waals surface area contributed by atoms with E-state index < -0.39 is 0 Å². The SMILES string of the molecule is CC(C)N1CC(COc2cccc3[nH]ccc23)OC1=O. The molecule has 1 aliphatic heterocycles. The fraction of sp³-hybridized carbons (Fsp3) is 0.400. The number of hydrogen-bond acceptors (Lipinski definition) is 3. The van der Waals surface area contributed by atoms with Crippen molar-refractivity contribution in [1.29, 1.82) is 0 Å². The second-order valence-corrected chi connectivity index (χ2v) is 5.26. The number of aromatic nitrogens is 1. The predicted molar refractivity (Wildman–Crippen MR) is 75.9 cm³/mol. The Hall–Kier alpha value is -2.17. The molecular formula is C15H18N2O3. The third-order valence-corrected chi connectivity index (χ3v) is 3.51. The Bertz CT molecular complexity index is 620. The van der Waals surface area contributed by atoms with E-state index in [2.05, 4.69) is 4.98 Å². The molecule has 20 heavy (non-hydrogen) atoms. The number of cyclic esters (lactones) is 1. The van der Waals surface area contributed by atoms with Crippen LogP contribution in [0, 0.1) is 0 Å². The molecule has 5 heteroatoms. The number of aromatic amines is 1. The highest BCUT2D eigenvalue weighted by Gasteiger charge is 2.33. The van der Waals surface area contributed by atoms with Crippen LogP contribution in [0.3, 0.4) is 0 Å². The molecule has 1 saturated heterocycles. The van der Waals surface area contributed by atoms with Gasteiger partial charge in [-0.25, -0.2) is 4.79 Å². The number of rotatable bonds is 4. The van der Waals surface area contributed by atoms with Crippen LogP contribution in [0.2, 0.25) is 0 Å². The van der Waals surface area contributed by atoms with Crippen molar-refractivity contribution in [3.63, 3.8) is 0 Å². The Kier molecular flexibility index (Phi) is 3.26. The molecular weight excluding hydrogens is 256 g/mol. The molecule has 0 saturated carbocycles. The van der Waals surface area contributed by atoms with Gasteiger partial charge >= 0.3 is 6.09 Å². The fourth-order valence-electron chi connectivity index (χ4n) is 2.41. The Labute approximate surface area is 117 Å². The van der Waals surface area contributed by atoms with Gasteiger partial charge in [0.2, 0.25) is 0 Å². The minimum atomic E-state index is -0.256. The van der Waals surface area contributed by atoms with Gasteiger partial charge in [0.25, 0.3) is 0 Å². The van der Waals surface area contributed by atoms with E-state index in [9.17, 15) is 4.79 Å². The molecule has 0 bridgehead atoms. The van der Waals surface area contributed by atoms with Gasteiger partial charge in [0, 0.05) is 23.1 Å². The lowest BCUT2D eigenvalue weighted by molar-refractivity contribution is 0.102. The average molecular weight is 274 g/mol. The molecule has 5 nitrogen and oxygen atoms in total. The number of benzene rings is 1. The van der Waals surface area contributed by atoms with Crippen LogP contribution in [-0.2, 0) is 4.74 Å². The van der Waals surface area contributed by atoms with Gasteiger partial charge in [-0.1, -0.05) is 6.07 Å². The molecule has 106 valence electrons. The summed E-state index contributed by atoms with van der Waals surface area (Å²) >= 11 is 0. The number of ether oxygens (including phenoxy) is 2. The van der Waals surface area contributed by atoms with Crippen LogP contribution in [0.5, 0.6) is 5.75 Å². The summed E-state index contributed by atoms with van der Waals surface area (Å²) in [4.78, 5) is 16.5. The third kappa shape index (κ3) is 2.31. The normalized spacial score (nSPS) is 18.9. The van der Waals surface area contributed by atoms with Crippen molar-refractivity contribution >= 4 is 17.0 Å². The molecule has 1 atom stereocenters. The van der Waals surface area contributed by atoms with Crippen molar-refractivity contribution < 1.29 is 14.3 Å². The first-order chi connectivity index (χ1) is 9.65. The zero-order valence-corrected chi connectivity index (χ0v) is 11.6. The summed E-state index contributed by atoms with van der Waals surface area (Å²) in [6, 6.07) is 7.99. The van der Waals surface area contributed by atoms with Crippen LogP contribution < -0.4 is 4.74 Å². The number of nitrogens with zero attached hydrogens (tertiary/aromatic N) is 1. The van der Waals surface area contributed by atoms with Gasteiger partial charge in [0.05, 0.1) is 6.54 Å². The molecule has 1 aromatic heterocycles. The first-order valence-electron chi connectivity index (χ1n) is 6.81. The van der Waals surface area contributed by atoms with Crippen LogP contribution in [0.1, 0.15) is 13.8 Å². The zero-order chi connectivity index (χ0) is 14.1. The van der Waals surface area contributed by atoms with Crippen LogP contribution in [0.15, 0.2) is 30.5 Å². The van der Waals surface area contributed by atoms with E-state index in [1.807, 2.05) is 44.3 Å². The number of carbonyl (C=O) groups is 1. The highest BCUT2D eigenvalue weighted by Crippen LogP contribution is 2.25. The van der Waals surface area contributed by atoms with Gasteiger partial charge in [0.15, 0.2) is 6.10 Å². The second-order valence-electron chi connectivity index (χ2n) is 5.26. The number of nitrogens with one attached hydrogen (secondary N) is 1. The van der Waals surface area contributed by atoms with Gasteiger partial charge in [-0.15, -0.1) is 0 Å². The van der Waals surface area contributed by atoms with Gasteiger partial charge in [-0.3, -0.25) is 0 Å². The predicted octanol–water partition coefficient (Wildman–Crippen LogP) is 2.78. The molecule has 1 fully saturated rings. The molecule has 0 radical (unpaired) electrons. The smallest absolute Gasteiger partial charge is 0.410 e. The fourth-order valence-corrected chi connectivity index (χ4v) is 2.41. The van der Waals surface area contributed by atoms with Gasteiger partial charge in [-0.05, 0) is 32.0 Å². The highest BCUT2D eigenvalue weighted by molar-refractivity contribution is 5.85. The van der Waals surface area contributed by atoms with Crippen molar-refractivity contribution in [1.82, 2.24) is 9.88 Å². The van der Waals surface area contributed by atoms with E-state index in [0.717, 1.165) is 16.7 Å². The summed E-state index contributed by atoms with van der Waals surface area (Å²) in [7, 11) is 0. The summed E-state index contributed by atoms with van der Waals surface area (Å²) in [5.41, 5.74) is 1.04. The molecule has 1 N–H and O–H groups in total. The van der Waals surface area contributed by atoms with Gasteiger partial charge in [0.1, 0.15) is 12.4 Å². The van der Waals surface area contributed by atoms with Crippen LogP contribution in [0.4, 0.5) is 4.79 Å². The van der Waals surface area contributed by atoms with Crippen molar-refractivity contribution in [2.75, 3.05) is 13.2 Å². The molecule has 0 aliphatic carbocycles. The van der Waals surface area contributed by atoms with E-state index >= 15 is 0 Å². The Balaban J connectivity index is 1.66. The third-order valence-electron chi connectivity index (χ3n) is 3.51. The van der Waals surface area contributed by atoms with Crippen molar-refractivity contribution in [3.05, 3.63) is 30.5 Å². The zero-order valence-electron chi connectivity index (χ0n) is 11.6. The minimum Gasteiger partial charge on any atom is -0.489 e. The molecule has 3 rings (SSSR count). The van der Waals surface area contributed by atoms with E-state index in [1.54, 1.807) is 4.90 Å². The first kappa shape index (κ1) is 12.8. The number of fused-ring (bicyclic) bond motifs is 1. The summed E-state index contributed by atoms with van der Waals surface area (Å²) in [5.74, 6) is 0.808. The number of H-pyrrole nitrogens is 1. The summed E-state index contributed by atoms with van der Waals surface area (Å²) in [6.07, 6.45) is 1.42. The van der Waals surface area contributed by atoms with Crippen LogP contribution in [0.25, 0.3) is 10.9 Å². The van der Waals surface area contributed by atoms with E-state index in [-0.39, 0.29) is 18.2 Å². The molecule has 2 aromatic rings. The second kappa shape index (κ2) is 5.07. The number of amides is 1. The number of hydrogen-bond donors (Lipinski definition) is 1. The lowest BCUT2D eigenvalue weighted by atomic mass is 10.2. The average Bonchev–Trinajstić information content (AvgIpc) is 3.02. The monoisotopic (exact) mass is 274 g/mol. The van der Waals surface area contributed by atoms with E-state index in [4.69, 9.17) is 9.47 Å². The standard InChI is InChI=1S/C15H18N2O3/c1-10(2)17-8-11(20-15(17)18)9-19-14-5-3-4-13-12(14)6-7-16-13/h3-7,10-11,16H,8-9H2,1-2H3. The number of carbonyl (C=O) groups excluding carboxylic acids is 1. The first-order valence-corrected chi connectivity index (χ1v) is 6.81. The summed E-state index contributed by atoms with van der Waals surface area (Å²) in [5, 5.41) is 1.04. The topological polar surface area (TPSA) is 54.6 Å². The largest absolute Gasteiger partial charge is 0.489 e. The molecule has 1 amide bonds. The van der Waals surface area contributed by atoms with Gasteiger partial charge < -0.3 is 19.4 Å². The maximum Gasteiger partial charge on any atom is 0.410 e. The summed E-state index contributed by atoms with van der Waals surface area (Å²) in [6.45, 7) is 4.91. The minimum absolute atomic E-state index is 0.153. The Morgan fingerprint density at radius 1 is 1.45 bits per heavy atom. The Morgan fingerprint density at radius 3 is 3.05 bits per heavy atom. The maximum absolute atomic E-state index is 11.7. The quantitative estimate of drug-likeness (QED) is 0.932. The molecule has 1 aromatic carbocycles. The van der Waals surface area contributed by atoms with Crippen molar-refractivity contribution in [2.24, 2.45) is 0 Å². The molecule has 0 spiro atoms. The van der Waals surface area contributed by atoms with Crippen LogP contribution in [-0.4, -0.2) is 41.3 Å². The van der Waals surface area contributed by atoms with Crippen molar-refractivity contribution in [3.8, 4) is 5.75 Å². The van der Waals surface area contributed by atoms with E-state index in [1.165, 1.54) is 0 Å². The summed E-state index contributed by atoms with van der Waals surface area (Å²) < 4.78 is 11.1. The maximum atomic E-state index is 11.7.